The van der Waals surface area contributed by atoms with Gasteiger partial charge in [-0.15, -0.1) is 0 Å². The lowest BCUT2D eigenvalue weighted by molar-refractivity contribution is 0.247. The summed E-state index contributed by atoms with van der Waals surface area (Å²) >= 11 is 0. The standard InChI is InChI=1S/C17H36N2/c1-4-6-16-7-5-10-19(11-8-16)12-9-17(14-18)13-15(2)3/h15-17H,4-14,18H2,1-3H3. The lowest BCUT2D eigenvalue weighted by atomic mass is 9.94. The van der Waals surface area contributed by atoms with Gasteiger partial charge in [-0.2, -0.15) is 0 Å². The monoisotopic (exact) mass is 268 g/mol. The average molecular weight is 268 g/mol. The van der Waals surface area contributed by atoms with Gasteiger partial charge in [0, 0.05) is 0 Å². The van der Waals surface area contributed by atoms with Crippen LogP contribution in [0.25, 0.3) is 0 Å². The third-order valence-corrected chi connectivity index (χ3v) is 4.63. The van der Waals surface area contributed by atoms with Crippen LogP contribution in [0.5, 0.6) is 0 Å². The molecule has 2 atom stereocenters. The number of hydrogen-bond acceptors (Lipinski definition) is 2. The minimum absolute atomic E-state index is 0.731. The van der Waals surface area contributed by atoms with E-state index in [4.69, 9.17) is 5.73 Å². The molecule has 0 spiro atoms. The molecule has 1 aliphatic heterocycles. The van der Waals surface area contributed by atoms with Crippen LogP contribution < -0.4 is 5.73 Å². The summed E-state index contributed by atoms with van der Waals surface area (Å²) < 4.78 is 0. The van der Waals surface area contributed by atoms with E-state index in [2.05, 4.69) is 25.7 Å². The normalized spacial score (nSPS) is 23.5. The van der Waals surface area contributed by atoms with Crippen LogP contribution in [0, 0.1) is 17.8 Å². The Bertz CT molecular complexity index is 215. The van der Waals surface area contributed by atoms with Crippen molar-refractivity contribution in [2.24, 2.45) is 23.5 Å². The maximum absolute atomic E-state index is 5.91. The molecule has 1 heterocycles. The third kappa shape index (κ3) is 7.31. The lowest BCUT2D eigenvalue weighted by Crippen LogP contribution is -2.29. The highest BCUT2D eigenvalue weighted by atomic mass is 15.1. The Morgan fingerprint density at radius 1 is 1.21 bits per heavy atom. The van der Waals surface area contributed by atoms with E-state index in [1.54, 1.807) is 0 Å². The summed E-state index contributed by atoms with van der Waals surface area (Å²) in [5, 5.41) is 0. The fourth-order valence-corrected chi connectivity index (χ4v) is 3.51. The van der Waals surface area contributed by atoms with Crippen LogP contribution in [0.15, 0.2) is 0 Å². The summed E-state index contributed by atoms with van der Waals surface area (Å²) in [5.41, 5.74) is 5.91. The zero-order chi connectivity index (χ0) is 14.1. The summed E-state index contributed by atoms with van der Waals surface area (Å²) in [6.45, 7) is 11.7. The largest absolute Gasteiger partial charge is 0.330 e. The Labute approximate surface area is 121 Å². The summed E-state index contributed by atoms with van der Waals surface area (Å²) in [5.74, 6) is 2.51. The van der Waals surface area contributed by atoms with E-state index in [1.807, 2.05) is 0 Å². The number of nitrogens with two attached hydrogens (primary N) is 1. The molecule has 1 rings (SSSR count). The Kier molecular flexibility index (Phi) is 8.72. The van der Waals surface area contributed by atoms with Gasteiger partial charge < -0.3 is 10.6 Å². The van der Waals surface area contributed by atoms with Crippen LogP contribution in [0.4, 0.5) is 0 Å². The minimum Gasteiger partial charge on any atom is -0.330 e. The van der Waals surface area contributed by atoms with Crippen molar-refractivity contribution < 1.29 is 0 Å². The number of hydrogen-bond donors (Lipinski definition) is 1. The Balaban J connectivity index is 2.25. The predicted octanol–water partition coefficient (Wildman–Crippen LogP) is 3.90. The van der Waals surface area contributed by atoms with E-state index in [0.717, 1.165) is 24.3 Å². The Morgan fingerprint density at radius 3 is 2.63 bits per heavy atom. The maximum atomic E-state index is 5.91. The van der Waals surface area contributed by atoms with Crippen molar-refractivity contribution in [2.45, 2.75) is 65.7 Å². The molecule has 1 saturated heterocycles. The van der Waals surface area contributed by atoms with Crippen molar-refractivity contribution >= 4 is 0 Å². The van der Waals surface area contributed by atoms with Gasteiger partial charge in [0.05, 0.1) is 0 Å². The summed E-state index contributed by atoms with van der Waals surface area (Å²) in [4.78, 5) is 2.69. The first-order valence-electron chi connectivity index (χ1n) is 8.58. The van der Waals surface area contributed by atoms with Gasteiger partial charge in [-0.05, 0) is 76.0 Å². The molecule has 2 heteroatoms. The zero-order valence-electron chi connectivity index (χ0n) is 13.5. The molecule has 0 aromatic rings. The van der Waals surface area contributed by atoms with Gasteiger partial charge in [-0.25, -0.2) is 0 Å². The summed E-state index contributed by atoms with van der Waals surface area (Å²) in [6, 6.07) is 0. The molecule has 2 N–H and O–H groups in total. The van der Waals surface area contributed by atoms with Gasteiger partial charge in [-0.1, -0.05) is 33.6 Å². The van der Waals surface area contributed by atoms with Gasteiger partial charge in [0.15, 0.2) is 0 Å². The Hall–Kier alpha value is -0.0800. The van der Waals surface area contributed by atoms with Gasteiger partial charge in [0.25, 0.3) is 0 Å². The first-order chi connectivity index (χ1) is 9.15. The minimum atomic E-state index is 0.731. The molecule has 0 bridgehead atoms. The molecule has 0 saturated carbocycles. The molecule has 19 heavy (non-hydrogen) atoms. The highest BCUT2D eigenvalue weighted by Crippen LogP contribution is 2.23. The molecular formula is C17H36N2. The fourth-order valence-electron chi connectivity index (χ4n) is 3.51. The first kappa shape index (κ1) is 17.0. The molecule has 114 valence electrons. The van der Waals surface area contributed by atoms with Crippen molar-refractivity contribution in [2.75, 3.05) is 26.2 Å². The van der Waals surface area contributed by atoms with Crippen LogP contribution in [0.2, 0.25) is 0 Å². The number of nitrogens with zero attached hydrogens (tertiary/aromatic N) is 1. The molecule has 2 unspecified atom stereocenters. The topological polar surface area (TPSA) is 29.3 Å². The second-order valence-corrected chi connectivity index (χ2v) is 6.95. The predicted molar refractivity (Wildman–Crippen MR) is 85.3 cm³/mol. The highest BCUT2D eigenvalue weighted by molar-refractivity contribution is 4.72. The summed E-state index contributed by atoms with van der Waals surface area (Å²) in [7, 11) is 0. The Morgan fingerprint density at radius 2 is 2.00 bits per heavy atom. The molecule has 0 amide bonds. The van der Waals surface area contributed by atoms with Crippen LogP contribution >= 0.6 is 0 Å². The van der Waals surface area contributed by atoms with Crippen molar-refractivity contribution in [3.05, 3.63) is 0 Å². The van der Waals surface area contributed by atoms with Gasteiger partial charge in [0.2, 0.25) is 0 Å². The first-order valence-corrected chi connectivity index (χ1v) is 8.58. The van der Waals surface area contributed by atoms with Crippen molar-refractivity contribution in [3.8, 4) is 0 Å². The van der Waals surface area contributed by atoms with E-state index >= 15 is 0 Å². The number of rotatable bonds is 8. The van der Waals surface area contributed by atoms with E-state index in [1.165, 1.54) is 64.6 Å². The van der Waals surface area contributed by atoms with E-state index in [-0.39, 0.29) is 0 Å². The second-order valence-electron chi connectivity index (χ2n) is 6.95. The average Bonchev–Trinajstić information content (AvgIpc) is 2.60. The van der Waals surface area contributed by atoms with Crippen LogP contribution in [-0.2, 0) is 0 Å². The maximum Gasteiger partial charge on any atom is -0.00156 e. The van der Waals surface area contributed by atoms with Gasteiger partial charge >= 0.3 is 0 Å². The van der Waals surface area contributed by atoms with Crippen LogP contribution in [0.3, 0.4) is 0 Å². The van der Waals surface area contributed by atoms with Crippen LogP contribution in [-0.4, -0.2) is 31.1 Å². The van der Waals surface area contributed by atoms with Crippen molar-refractivity contribution in [1.82, 2.24) is 4.90 Å². The molecule has 2 nitrogen and oxygen atoms in total. The second kappa shape index (κ2) is 9.77. The molecule has 0 aliphatic carbocycles. The zero-order valence-corrected chi connectivity index (χ0v) is 13.5. The smallest absolute Gasteiger partial charge is 0.00156 e. The van der Waals surface area contributed by atoms with Crippen LogP contribution in [0.1, 0.15) is 65.7 Å². The molecular weight excluding hydrogens is 232 g/mol. The molecule has 0 aromatic heterocycles. The quantitative estimate of drug-likeness (QED) is 0.723. The van der Waals surface area contributed by atoms with Gasteiger partial charge in [-0.3, -0.25) is 0 Å². The van der Waals surface area contributed by atoms with Crippen molar-refractivity contribution in [1.29, 1.82) is 0 Å². The SMILES string of the molecule is CCCC1CCCN(CCC(CN)CC(C)C)CC1. The molecule has 1 aliphatic rings. The lowest BCUT2D eigenvalue weighted by Gasteiger charge is -2.24. The molecule has 0 radical (unpaired) electrons. The van der Waals surface area contributed by atoms with E-state index in [9.17, 15) is 0 Å². The highest BCUT2D eigenvalue weighted by Gasteiger charge is 2.17. The van der Waals surface area contributed by atoms with E-state index < -0.39 is 0 Å². The number of likely N-dealkylation sites (tertiary alicyclic amines) is 1. The molecule has 1 fully saturated rings. The fraction of sp³-hybridized carbons (Fsp3) is 1.00. The summed E-state index contributed by atoms with van der Waals surface area (Å²) in [6.07, 6.45) is 9.67. The van der Waals surface area contributed by atoms with Gasteiger partial charge in [0.1, 0.15) is 0 Å². The van der Waals surface area contributed by atoms with E-state index in [0.29, 0.717) is 0 Å². The third-order valence-electron chi connectivity index (χ3n) is 4.63. The molecule has 0 aromatic carbocycles. The van der Waals surface area contributed by atoms with Crippen molar-refractivity contribution in [3.63, 3.8) is 0 Å².